The number of nitrogen functional groups attached to an aromatic ring is 1. The van der Waals surface area contributed by atoms with Crippen LogP contribution in [0.2, 0.25) is 0 Å². The van der Waals surface area contributed by atoms with E-state index in [1.165, 1.54) is 6.33 Å². The van der Waals surface area contributed by atoms with Crippen molar-refractivity contribution in [2.24, 2.45) is 5.92 Å². The van der Waals surface area contributed by atoms with Crippen LogP contribution in [-0.4, -0.2) is 48.3 Å². The van der Waals surface area contributed by atoms with Crippen LogP contribution in [0.3, 0.4) is 0 Å². The first-order valence-electron chi connectivity index (χ1n) is 11.5. The van der Waals surface area contributed by atoms with Gasteiger partial charge in [-0.2, -0.15) is 0 Å². The van der Waals surface area contributed by atoms with E-state index in [0.717, 1.165) is 21.9 Å². The molecule has 9 nitrogen and oxygen atoms in total. The molecule has 1 aliphatic rings. The van der Waals surface area contributed by atoms with Crippen LogP contribution in [0.4, 0.5) is 11.6 Å². The highest BCUT2D eigenvalue weighted by Gasteiger charge is 2.43. The molecule has 0 radical (unpaired) electrons. The molecule has 180 valence electrons. The second-order valence-electron chi connectivity index (χ2n) is 9.12. The quantitative estimate of drug-likeness (QED) is 0.382. The van der Waals surface area contributed by atoms with Crippen LogP contribution >= 0.6 is 15.9 Å². The van der Waals surface area contributed by atoms with Crippen LogP contribution in [0, 0.1) is 12.8 Å². The van der Waals surface area contributed by atoms with Gasteiger partial charge in [0, 0.05) is 11.4 Å². The lowest BCUT2D eigenvalue weighted by Crippen LogP contribution is -2.47. The molecule has 1 aliphatic heterocycles. The van der Waals surface area contributed by atoms with E-state index < -0.39 is 6.04 Å². The second kappa shape index (κ2) is 8.92. The Morgan fingerprint density at radius 2 is 1.94 bits per heavy atom. The van der Waals surface area contributed by atoms with Crippen LogP contribution in [-0.2, 0) is 16.1 Å². The average molecular weight is 536 g/mol. The molecular weight excluding hydrogens is 510 g/mol. The van der Waals surface area contributed by atoms with Gasteiger partial charge in [0.1, 0.15) is 40.8 Å². The van der Waals surface area contributed by atoms with E-state index in [1.54, 1.807) is 23.1 Å². The Morgan fingerprint density at radius 3 is 2.71 bits per heavy atom. The normalized spacial score (nSPS) is 20.0. The van der Waals surface area contributed by atoms with Crippen LogP contribution in [0.1, 0.15) is 25.8 Å². The summed E-state index contributed by atoms with van der Waals surface area (Å²) < 4.78 is 2.51. The number of carbonyl (C=O) groups excluding carboxylic acids is 2. The minimum atomic E-state index is -0.595. The van der Waals surface area contributed by atoms with Crippen molar-refractivity contribution in [3.63, 3.8) is 0 Å². The third-order valence-corrected chi connectivity index (χ3v) is 7.37. The number of carbonyl (C=O) groups is 2. The number of nitrogens with zero attached hydrogens (tertiary/aromatic N) is 5. The van der Waals surface area contributed by atoms with Crippen molar-refractivity contribution < 1.29 is 9.59 Å². The monoisotopic (exact) mass is 535 g/mol. The largest absolute Gasteiger partial charge is 0.383 e. The van der Waals surface area contributed by atoms with Gasteiger partial charge >= 0.3 is 0 Å². The molecule has 4 heterocycles. The fourth-order valence-electron chi connectivity index (χ4n) is 5.09. The number of para-hydroxylation sites is 1. The van der Waals surface area contributed by atoms with Crippen LogP contribution in [0.15, 0.2) is 47.3 Å². The number of aryl methyl sites for hydroxylation is 1. The number of aromatic nitrogens is 4. The number of hydrogen-bond acceptors (Lipinski definition) is 6. The number of halogens is 1. The smallest absolute Gasteiger partial charge is 0.248 e. The summed E-state index contributed by atoms with van der Waals surface area (Å²) in [6.45, 7) is 6.09. The SMILES string of the molecule is Cc1cccc2c3c(N)ncnc3n(CC(=O)N3[C@H](C)[C@H](C)C[C@H]3C(=O)Nc3cccc(Br)n3)c12. The molecule has 10 heteroatoms. The Balaban J connectivity index is 1.50. The van der Waals surface area contributed by atoms with Gasteiger partial charge in [-0.15, -0.1) is 0 Å². The molecular formula is C25H26BrN7O2. The van der Waals surface area contributed by atoms with Gasteiger partial charge in [0.2, 0.25) is 11.8 Å². The van der Waals surface area contributed by atoms with Gasteiger partial charge in [-0.05, 0) is 59.8 Å². The third kappa shape index (κ3) is 4.01. The molecule has 4 aromatic rings. The van der Waals surface area contributed by atoms with E-state index in [1.807, 2.05) is 36.6 Å². The molecule has 2 amide bonds. The summed E-state index contributed by atoms with van der Waals surface area (Å²) in [6, 6.07) is 10.5. The highest BCUT2D eigenvalue weighted by Crippen LogP contribution is 2.34. The van der Waals surface area contributed by atoms with Gasteiger partial charge < -0.3 is 20.5 Å². The highest BCUT2D eigenvalue weighted by atomic mass is 79.9. The molecule has 5 rings (SSSR count). The highest BCUT2D eigenvalue weighted by molar-refractivity contribution is 9.10. The predicted molar refractivity (Wildman–Crippen MR) is 139 cm³/mol. The predicted octanol–water partition coefficient (Wildman–Crippen LogP) is 3.90. The molecule has 0 spiro atoms. The summed E-state index contributed by atoms with van der Waals surface area (Å²) in [5.74, 6) is 0.588. The Kier molecular flexibility index (Phi) is 5.92. The number of nitrogens with two attached hydrogens (primary N) is 1. The van der Waals surface area contributed by atoms with Crippen molar-refractivity contribution in [3.05, 3.63) is 52.9 Å². The first kappa shape index (κ1) is 23.2. The van der Waals surface area contributed by atoms with Crippen LogP contribution in [0.5, 0.6) is 0 Å². The first-order valence-corrected chi connectivity index (χ1v) is 12.3. The molecule has 3 atom stereocenters. The Hall–Kier alpha value is -3.53. The van der Waals surface area contributed by atoms with Gasteiger partial charge in [-0.3, -0.25) is 9.59 Å². The number of nitrogens with one attached hydrogen (secondary N) is 1. The van der Waals surface area contributed by atoms with E-state index >= 15 is 0 Å². The zero-order valence-electron chi connectivity index (χ0n) is 19.7. The van der Waals surface area contributed by atoms with Crippen molar-refractivity contribution in [2.75, 3.05) is 11.1 Å². The summed E-state index contributed by atoms with van der Waals surface area (Å²) >= 11 is 3.32. The molecule has 0 bridgehead atoms. The molecule has 0 saturated carbocycles. The summed E-state index contributed by atoms with van der Waals surface area (Å²) in [5, 5.41) is 4.51. The Bertz CT molecular complexity index is 1470. The zero-order valence-corrected chi connectivity index (χ0v) is 21.3. The molecule has 3 N–H and O–H groups in total. The van der Waals surface area contributed by atoms with Crippen molar-refractivity contribution in [1.29, 1.82) is 0 Å². The van der Waals surface area contributed by atoms with E-state index in [0.29, 0.717) is 28.3 Å². The third-order valence-electron chi connectivity index (χ3n) is 6.93. The number of likely N-dealkylation sites (tertiary alicyclic amines) is 1. The maximum atomic E-state index is 13.8. The van der Waals surface area contributed by atoms with E-state index in [2.05, 4.69) is 43.1 Å². The van der Waals surface area contributed by atoms with Crippen LogP contribution < -0.4 is 11.1 Å². The summed E-state index contributed by atoms with van der Waals surface area (Å²) in [4.78, 5) is 41.7. The summed E-state index contributed by atoms with van der Waals surface area (Å²) in [5.41, 5.74) is 8.70. The minimum absolute atomic E-state index is 0.0390. The maximum Gasteiger partial charge on any atom is 0.248 e. The van der Waals surface area contributed by atoms with Gasteiger partial charge in [0.05, 0.1) is 10.9 Å². The van der Waals surface area contributed by atoms with Gasteiger partial charge in [-0.1, -0.05) is 31.2 Å². The number of anilines is 2. The molecule has 35 heavy (non-hydrogen) atoms. The molecule has 0 aliphatic carbocycles. The number of hydrogen-bond donors (Lipinski definition) is 2. The Labute approximate surface area is 210 Å². The first-order chi connectivity index (χ1) is 16.8. The minimum Gasteiger partial charge on any atom is -0.383 e. The fourth-order valence-corrected chi connectivity index (χ4v) is 5.43. The standard InChI is InChI=1S/C25H26BrN7O2/c1-13-6-4-7-16-21-23(27)28-12-29-24(21)32(22(13)16)11-20(34)33-15(3)14(2)10-17(33)25(35)31-19-9-5-8-18(26)30-19/h4-9,12,14-15,17H,10-11H2,1-3H3,(H2,27,28,29)(H,30,31,35)/t14-,15-,17+/m1/s1. The van der Waals surface area contributed by atoms with Crippen molar-refractivity contribution in [2.45, 2.75) is 45.8 Å². The summed E-state index contributed by atoms with van der Waals surface area (Å²) in [6.07, 6.45) is 1.99. The number of fused-ring (bicyclic) bond motifs is 3. The number of amides is 2. The van der Waals surface area contributed by atoms with Gasteiger partial charge in [0.15, 0.2) is 0 Å². The maximum absolute atomic E-state index is 13.8. The van der Waals surface area contributed by atoms with Crippen molar-refractivity contribution >= 4 is 61.3 Å². The summed E-state index contributed by atoms with van der Waals surface area (Å²) in [7, 11) is 0. The number of benzene rings is 1. The topological polar surface area (TPSA) is 119 Å². The zero-order chi connectivity index (χ0) is 24.9. The van der Waals surface area contributed by atoms with Crippen LogP contribution in [0.25, 0.3) is 21.9 Å². The fraction of sp³-hybridized carbons (Fsp3) is 0.320. The lowest BCUT2D eigenvalue weighted by atomic mass is 10.0. The van der Waals surface area contributed by atoms with E-state index in [-0.39, 0.29) is 30.3 Å². The van der Waals surface area contributed by atoms with Crippen molar-refractivity contribution in [1.82, 2.24) is 24.4 Å². The Morgan fingerprint density at radius 1 is 1.17 bits per heavy atom. The number of pyridine rings is 1. The molecule has 3 aromatic heterocycles. The molecule has 0 unspecified atom stereocenters. The van der Waals surface area contributed by atoms with Crippen molar-refractivity contribution in [3.8, 4) is 0 Å². The lowest BCUT2D eigenvalue weighted by Gasteiger charge is -2.29. The molecule has 1 saturated heterocycles. The van der Waals surface area contributed by atoms with E-state index in [9.17, 15) is 9.59 Å². The second-order valence-corrected chi connectivity index (χ2v) is 9.93. The molecule has 1 fully saturated rings. The lowest BCUT2D eigenvalue weighted by molar-refractivity contribution is -0.139. The van der Waals surface area contributed by atoms with E-state index in [4.69, 9.17) is 5.73 Å². The average Bonchev–Trinajstić information content (AvgIpc) is 3.30. The molecule has 1 aromatic carbocycles. The van der Waals surface area contributed by atoms with Gasteiger partial charge in [0.25, 0.3) is 0 Å². The number of rotatable bonds is 4. The van der Waals surface area contributed by atoms with Gasteiger partial charge in [-0.25, -0.2) is 15.0 Å².